The molecule has 1 aromatic heterocycles. The molecule has 0 saturated carbocycles. The van der Waals surface area contributed by atoms with Gasteiger partial charge in [0.1, 0.15) is 5.69 Å². The molecule has 0 aliphatic carbocycles. The lowest BCUT2D eigenvalue weighted by atomic mass is 10.2. The van der Waals surface area contributed by atoms with Crippen molar-refractivity contribution in [3.8, 4) is 0 Å². The van der Waals surface area contributed by atoms with Crippen LogP contribution in [0.4, 0.5) is 11.4 Å². The smallest absolute Gasteiger partial charge is 0.312 e. The molecule has 0 saturated heterocycles. The Labute approximate surface area is 150 Å². The fourth-order valence-corrected chi connectivity index (χ4v) is 2.44. The normalized spacial score (nSPS) is 10.5. The van der Waals surface area contributed by atoms with Gasteiger partial charge in [-0.2, -0.15) is 0 Å². The third-order valence-electron chi connectivity index (χ3n) is 3.80. The minimum absolute atomic E-state index is 0.0537. The van der Waals surface area contributed by atoms with Crippen LogP contribution in [0.1, 0.15) is 5.69 Å². The molecule has 0 fully saturated rings. The molecule has 0 atom stereocenters. The monoisotopic (exact) mass is 353 g/mol. The fraction of sp³-hybridized carbons (Fsp3) is 0.211. The molecule has 0 aliphatic heterocycles. The van der Waals surface area contributed by atoms with Gasteiger partial charge < -0.3 is 19.5 Å². The molecule has 26 heavy (non-hydrogen) atoms. The van der Waals surface area contributed by atoms with Crippen LogP contribution in [-0.2, 0) is 20.7 Å². The summed E-state index contributed by atoms with van der Waals surface area (Å²) < 4.78 is 10.2. The van der Waals surface area contributed by atoms with E-state index in [0.717, 1.165) is 11.1 Å². The van der Waals surface area contributed by atoms with Gasteiger partial charge in [-0.05, 0) is 36.4 Å². The second kappa shape index (κ2) is 7.69. The van der Waals surface area contributed by atoms with Crippen LogP contribution in [0, 0.1) is 0 Å². The Balaban J connectivity index is 1.50. The number of ether oxygens (including phenoxy) is 1. The molecule has 3 aromatic rings. The molecule has 7 nitrogen and oxygen atoms in total. The van der Waals surface area contributed by atoms with E-state index in [4.69, 9.17) is 9.26 Å². The molecule has 134 valence electrons. The summed E-state index contributed by atoms with van der Waals surface area (Å²) in [6.07, 6.45) is -0.0537. The number of fused-ring (bicyclic) bond motifs is 1. The lowest BCUT2D eigenvalue weighted by molar-refractivity contribution is -0.146. The number of carbonyl (C=O) groups is 2. The van der Waals surface area contributed by atoms with Gasteiger partial charge in [-0.3, -0.25) is 9.59 Å². The predicted octanol–water partition coefficient (Wildman–Crippen LogP) is 2.62. The lowest BCUT2D eigenvalue weighted by Gasteiger charge is -2.13. The summed E-state index contributed by atoms with van der Waals surface area (Å²) in [5.41, 5.74) is 2.76. The maximum Gasteiger partial charge on any atom is 0.312 e. The molecule has 3 rings (SSSR count). The van der Waals surface area contributed by atoms with Crippen LogP contribution in [0.3, 0.4) is 0 Å². The van der Waals surface area contributed by atoms with Crippen LogP contribution in [-0.4, -0.2) is 37.7 Å². The van der Waals surface area contributed by atoms with Crippen LogP contribution in [0.5, 0.6) is 0 Å². The van der Waals surface area contributed by atoms with Crippen molar-refractivity contribution < 1.29 is 18.8 Å². The van der Waals surface area contributed by atoms with E-state index in [2.05, 4.69) is 10.5 Å². The number of anilines is 2. The molecule has 1 N–H and O–H groups in total. The van der Waals surface area contributed by atoms with Gasteiger partial charge in [0.2, 0.25) is 0 Å². The number of para-hydroxylation sites is 1. The molecule has 2 aromatic carbocycles. The minimum Gasteiger partial charge on any atom is -0.455 e. The maximum atomic E-state index is 11.9. The van der Waals surface area contributed by atoms with E-state index < -0.39 is 11.9 Å². The Kier molecular flexibility index (Phi) is 5.17. The number of amides is 1. The van der Waals surface area contributed by atoms with Crippen molar-refractivity contribution in [2.45, 2.75) is 6.42 Å². The van der Waals surface area contributed by atoms with Crippen LogP contribution < -0.4 is 10.2 Å². The van der Waals surface area contributed by atoms with Gasteiger partial charge in [0.05, 0.1) is 6.42 Å². The van der Waals surface area contributed by atoms with E-state index in [0.29, 0.717) is 17.0 Å². The van der Waals surface area contributed by atoms with E-state index in [1.807, 2.05) is 49.3 Å². The quantitative estimate of drug-likeness (QED) is 0.686. The zero-order chi connectivity index (χ0) is 18.5. The highest BCUT2D eigenvalue weighted by Gasteiger charge is 2.14. The van der Waals surface area contributed by atoms with Crippen molar-refractivity contribution in [1.29, 1.82) is 0 Å². The average Bonchev–Trinajstić information content (AvgIpc) is 3.03. The van der Waals surface area contributed by atoms with Gasteiger partial charge in [0.25, 0.3) is 5.91 Å². The highest BCUT2D eigenvalue weighted by molar-refractivity contribution is 5.93. The number of nitrogens with one attached hydrogen (secondary N) is 1. The second-order valence-corrected chi connectivity index (χ2v) is 5.95. The fourth-order valence-electron chi connectivity index (χ4n) is 2.44. The largest absolute Gasteiger partial charge is 0.455 e. The van der Waals surface area contributed by atoms with Crippen LogP contribution in [0.2, 0.25) is 0 Å². The Hall–Kier alpha value is -3.35. The van der Waals surface area contributed by atoms with Crippen molar-refractivity contribution in [3.05, 3.63) is 54.2 Å². The topological polar surface area (TPSA) is 84.7 Å². The summed E-state index contributed by atoms with van der Waals surface area (Å²) >= 11 is 0. The molecule has 0 bridgehead atoms. The van der Waals surface area contributed by atoms with Crippen molar-refractivity contribution in [1.82, 2.24) is 5.16 Å². The van der Waals surface area contributed by atoms with E-state index in [1.54, 1.807) is 18.2 Å². The van der Waals surface area contributed by atoms with Crippen LogP contribution in [0.15, 0.2) is 53.1 Å². The summed E-state index contributed by atoms with van der Waals surface area (Å²) in [5.74, 6) is -0.942. The van der Waals surface area contributed by atoms with Crippen molar-refractivity contribution in [3.63, 3.8) is 0 Å². The van der Waals surface area contributed by atoms with Crippen molar-refractivity contribution >= 4 is 34.2 Å². The number of hydrogen-bond donors (Lipinski definition) is 1. The molecule has 1 amide bonds. The molecule has 0 unspecified atom stereocenters. The Morgan fingerprint density at radius 1 is 1.12 bits per heavy atom. The van der Waals surface area contributed by atoms with Crippen molar-refractivity contribution in [2.75, 3.05) is 30.9 Å². The number of aromatic nitrogens is 1. The Bertz CT molecular complexity index is 916. The maximum absolute atomic E-state index is 11.9. The van der Waals surface area contributed by atoms with Gasteiger partial charge in [-0.15, -0.1) is 0 Å². The molecule has 0 aliphatic rings. The number of nitrogens with zero attached hydrogens (tertiary/aromatic N) is 2. The Morgan fingerprint density at radius 3 is 2.58 bits per heavy atom. The average molecular weight is 353 g/mol. The van der Waals surface area contributed by atoms with Gasteiger partial charge in [-0.25, -0.2) is 0 Å². The molecule has 1 heterocycles. The van der Waals surface area contributed by atoms with Gasteiger partial charge >= 0.3 is 5.97 Å². The van der Waals surface area contributed by atoms with Crippen LogP contribution >= 0.6 is 0 Å². The molecular weight excluding hydrogens is 334 g/mol. The second-order valence-electron chi connectivity index (χ2n) is 5.95. The summed E-state index contributed by atoms with van der Waals surface area (Å²) in [6, 6.07) is 14.6. The van der Waals surface area contributed by atoms with E-state index in [-0.39, 0.29) is 13.0 Å². The van der Waals surface area contributed by atoms with E-state index in [9.17, 15) is 9.59 Å². The third-order valence-corrected chi connectivity index (χ3v) is 3.80. The summed E-state index contributed by atoms with van der Waals surface area (Å²) in [4.78, 5) is 25.8. The first-order chi connectivity index (χ1) is 12.5. The summed E-state index contributed by atoms with van der Waals surface area (Å²) in [6.45, 7) is -0.357. The van der Waals surface area contributed by atoms with Gasteiger partial charge in [0.15, 0.2) is 12.2 Å². The molecular formula is C19H19N3O4. The highest BCUT2D eigenvalue weighted by atomic mass is 16.5. The summed E-state index contributed by atoms with van der Waals surface area (Å²) in [5, 5.41) is 7.31. The summed E-state index contributed by atoms with van der Waals surface area (Å²) in [7, 11) is 3.87. The number of rotatable bonds is 6. The third kappa shape index (κ3) is 4.18. The molecule has 0 radical (unpaired) electrons. The first-order valence-corrected chi connectivity index (χ1v) is 8.09. The SMILES string of the molecule is CN(C)c1ccc(NC(=O)COC(=O)Cc2noc3ccccc23)cc1. The zero-order valence-corrected chi connectivity index (χ0v) is 14.6. The highest BCUT2D eigenvalue weighted by Crippen LogP contribution is 2.18. The minimum atomic E-state index is -0.540. The standard InChI is InChI=1S/C19H19N3O4/c1-22(2)14-9-7-13(8-10-14)20-18(23)12-25-19(24)11-16-15-5-3-4-6-17(15)26-21-16/h3-10H,11-12H2,1-2H3,(H,20,23). The number of esters is 1. The molecule has 7 heteroatoms. The predicted molar refractivity (Wildman–Crippen MR) is 98.1 cm³/mol. The van der Waals surface area contributed by atoms with E-state index >= 15 is 0 Å². The first kappa shape index (κ1) is 17.5. The number of hydrogen-bond acceptors (Lipinski definition) is 6. The lowest BCUT2D eigenvalue weighted by Crippen LogP contribution is -2.21. The van der Waals surface area contributed by atoms with Crippen molar-refractivity contribution in [2.24, 2.45) is 0 Å². The number of benzene rings is 2. The van der Waals surface area contributed by atoms with Gasteiger partial charge in [-0.1, -0.05) is 17.3 Å². The first-order valence-electron chi connectivity index (χ1n) is 8.09. The van der Waals surface area contributed by atoms with Gasteiger partial charge in [0, 0.05) is 30.9 Å². The zero-order valence-electron chi connectivity index (χ0n) is 14.6. The Morgan fingerprint density at radius 2 is 1.85 bits per heavy atom. The van der Waals surface area contributed by atoms with E-state index in [1.165, 1.54) is 0 Å². The number of carbonyl (C=O) groups excluding carboxylic acids is 2. The molecule has 0 spiro atoms. The van der Waals surface area contributed by atoms with Crippen LogP contribution in [0.25, 0.3) is 11.0 Å².